The molecule has 0 radical (unpaired) electrons. The van der Waals surface area contributed by atoms with Crippen molar-refractivity contribution in [2.45, 2.75) is 78.8 Å². The van der Waals surface area contributed by atoms with E-state index in [1.54, 1.807) is 18.3 Å². The number of amides is 1. The highest BCUT2D eigenvalue weighted by atomic mass is 16.2. The third-order valence-electron chi connectivity index (χ3n) is 4.87. The Bertz CT molecular complexity index is 572. The molecule has 0 aliphatic carbocycles. The maximum atomic E-state index is 12.5. The van der Waals surface area contributed by atoms with Crippen molar-refractivity contribution < 1.29 is 9.59 Å². The minimum atomic E-state index is -0.538. The van der Waals surface area contributed by atoms with Gasteiger partial charge in [0.2, 0.25) is 5.91 Å². The van der Waals surface area contributed by atoms with Gasteiger partial charge in [0.1, 0.15) is 0 Å². The number of nitrogens with one attached hydrogen (secondary N) is 1. The van der Waals surface area contributed by atoms with Crippen molar-refractivity contribution in [3.63, 3.8) is 0 Å². The first-order valence-corrected chi connectivity index (χ1v) is 9.87. The van der Waals surface area contributed by atoms with E-state index in [-0.39, 0.29) is 24.2 Å². The van der Waals surface area contributed by atoms with Crippen LogP contribution in [0.5, 0.6) is 0 Å². The second kappa shape index (κ2) is 11.8. The van der Waals surface area contributed by atoms with E-state index in [1.165, 1.54) is 6.42 Å². The van der Waals surface area contributed by atoms with Gasteiger partial charge in [0.25, 0.3) is 0 Å². The summed E-state index contributed by atoms with van der Waals surface area (Å²) in [5.74, 6) is 0.724. The van der Waals surface area contributed by atoms with E-state index in [2.05, 4.69) is 24.1 Å². The van der Waals surface area contributed by atoms with Gasteiger partial charge < -0.3 is 11.1 Å². The molecule has 3 N–H and O–H groups in total. The van der Waals surface area contributed by atoms with Gasteiger partial charge in [0, 0.05) is 18.2 Å². The van der Waals surface area contributed by atoms with E-state index in [4.69, 9.17) is 5.73 Å². The van der Waals surface area contributed by atoms with Gasteiger partial charge in [-0.05, 0) is 30.4 Å². The molecule has 26 heavy (non-hydrogen) atoms. The number of ketones is 1. The number of carbonyl (C=O) groups excluding carboxylic acids is 2. The number of Topliss-reactive ketones (excluding diaryl/α,β-unsaturated/α-hetero) is 1. The Hall–Kier alpha value is -1.75. The van der Waals surface area contributed by atoms with Crippen molar-refractivity contribution in [2.75, 3.05) is 0 Å². The second-order valence-corrected chi connectivity index (χ2v) is 7.54. The van der Waals surface area contributed by atoms with E-state index >= 15 is 0 Å². The molecular formula is C21H35N3O2. The van der Waals surface area contributed by atoms with Crippen molar-refractivity contribution in [2.24, 2.45) is 17.6 Å². The summed E-state index contributed by atoms with van der Waals surface area (Å²) in [6, 6.07) is 3.02. The zero-order chi connectivity index (χ0) is 19.5. The normalized spacial score (nSPS) is 13.5. The lowest BCUT2D eigenvalue weighted by Gasteiger charge is -2.18. The Morgan fingerprint density at radius 3 is 2.58 bits per heavy atom. The standard InChI is InChI=1S/C21H35N3O2/c1-5-16(4)20(22)21(26)24-14-18-17(11-9-13-23-18)19(25)12-8-6-7-10-15(2)3/h9,11,13,15-16,20H,5-8,10,12,14,22H2,1-4H3,(H,24,26)/t16-,20-/m0/s1. The Morgan fingerprint density at radius 2 is 1.92 bits per heavy atom. The molecule has 1 heterocycles. The number of unbranched alkanes of at least 4 members (excludes halogenated alkanes) is 2. The van der Waals surface area contributed by atoms with Gasteiger partial charge >= 0.3 is 0 Å². The summed E-state index contributed by atoms with van der Waals surface area (Å²) in [5.41, 5.74) is 7.17. The lowest BCUT2D eigenvalue weighted by Crippen LogP contribution is -2.44. The molecule has 5 heteroatoms. The Balaban J connectivity index is 2.56. The molecule has 2 atom stereocenters. The Morgan fingerprint density at radius 1 is 1.19 bits per heavy atom. The summed E-state index contributed by atoms with van der Waals surface area (Å²) >= 11 is 0. The molecule has 0 spiro atoms. The minimum absolute atomic E-state index is 0.0955. The van der Waals surface area contributed by atoms with E-state index in [0.29, 0.717) is 23.6 Å². The van der Waals surface area contributed by atoms with Crippen molar-refractivity contribution in [1.82, 2.24) is 10.3 Å². The number of nitrogens with two attached hydrogens (primary N) is 1. The SMILES string of the molecule is CC[C@H](C)[C@H](N)C(=O)NCc1ncccc1C(=O)CCCCCC(C)C. The zero-order valence-electron chi connectivity index (χ0n) is 16.8. The molecule has 0 unspecified atom stereocenters. The van der Waals surface area contributed by atoms with E-state index in [0.717, 1.165) is 25.7 Å². The molecule has 1 amide bonds. The van der Waals surface area contributed by atoms with Gasteiger partial charge in [-0.3, -0.25) is 14.6 Å². The topological polar surface area (TPSA) is 85.1 Å². The van der Waals surface area contributed by atoms with Gasteiger partial charge in [-0.15, -0.1) is 0 Å². The highest BCUT2D eigenvalue weighted by molar-refractivity contribution is 5.97. The van der Waals surface area contributed by atoms with Crippen LogP contribution in [0.4, 0.5) is 0 Å². The van der Waals surface area contributed by atoms with Crippen molar-refractivity contribution in [3.05, 3.63) is 29.6 Å². The second-order valence-electron chi connectivity index (χ2n) is 7.54. The molecule has 146 valence electrons. The number of rotatable bonds is 12. The van der Waals surface area contributed by atoms with Crippen molar-refractivity contribution >= 4 is 11.7 Å². The van der Waals surface area contributed by atoms with Crippen LogP contribution in [0.1, 0.15) is 82.3 Å². The molecule has 0 saturated carbocycles. The number of aromatic nitrogens is 1. The molecule has 5 nitrogen and oxygen atoms in total. The maximum absolute atomic E-state index is 12.5. The summed E-state index contributed by atoms with van der Waals surface area (Å²) in [7, 11) is 0. The van der Waals surface area contributed by atoms with Gasteiger partial charge in [-0.1, -0.05) is 53.4 Å². The molecule has 1 aromatic rings. The van der Waals surface area contributed by atoms with Crippen LogP contribution in [0.2, 0.25) is 0 Å². The fourth-order valence-corrected chi connectivity index (χ4v) is 2.78. The molecule has 0 saturated heterocycles. The van der Waals surface area contributed by atoms with Crippen LogP contribution in [0.15, 0.2) is 18.3 Å². The average Bonchev–Trinajstić information content (AvgIpc) is 2.64. The quantitative estimate of drug-likeness (QED) is 0.437. The summed E-state index contributed by atoms with van der Waals surface area (Å²) < 4.78 is 0. The van der Waals surface area contributed by atoms with Crippen LogP contribution in [0.3, 0.4) is 0 Å². The lowest BCUT2D eigenvalue weighted by molar-refractivity contribution is -0.123. The third kappa shape index (κ3) is 7.65. The lowest BCUT2D eigenvalue weighted by atomic mass is 9.99. The highest BCUT2D eigenvalue weighted by Crippen LogP contribution is 2.14. The van der Waals surface area contributed by atoms with Gasteiger partial charge in [0.15, 0.2) is 5.78 Å². The van der Waals surface area contributed by atoms with Crippen LogP contribution in [0, 0.1) is 11.8 Å². The van der Waals surface area contributed by atoms with Crippen LogP contribution in [-0.2, 0) is 11.3 Å². The molecule has 0 aliphatic heterocycles. The monoisotopic (exact) mass is 361 g/mol. The number of carbonyl (C=O) groups is 2. The smallest absolute Gasteiger partial charge is 0.237 e. The minimum Gasteiger partial charge on any atom is -0.349 e. The fourth-order valence-electron chi connectivity index (χ4n) is 2.78. The van der Waals surface area contributed by atoms with Gasteiger partial charge in [-0.25, -0.2) is 0 Å². The van der Waals surface area contributed by atoms with E-state index in [9.17, 15) is 9.59 Å². The molecule has 0 bridgehead atoms. The van der Waals surface area contributed by atoms with Crippen LogP contribution in [-0.4, -0.2) is 22.7 Å². The number of pyridine rings is 1. The predicted octanol–water partition coefficient (Wildman–Crippen LogP) is 3.86. The summed E-state index contributed by atoms with van der Waals surface area (Å²) in [6.45, 7) is 8.63. The summed E-state index contributed by atoms with van der Waals surface area (Å²) in [5, 5.41) is 2.82. The fraction of sp³-hybridized carbons (Fsp3) is 0.667. The maximum Gasteiger partial charge on any atom is 0.237 e. The van der Waals surface area contributed by atoms with Gasteiger partial charge in [-0.2, -0.15) is 0 Å². The molecule has 0 aliphatic rings. The number of nitrogens with zero attached hydrogens (tertiary/aromatic N) is 1. The average molecular weight is 362 g/mol. The largest absolute Gasteiger partial charge is 0.349 e. The van der Waals surface area contributed by atoms with E-state index in [1.807, 2.05) is 13.8 Å². The van der Waals surface area contributed by atoms with Crippen molar-refractivity contribution in [3.8, 4) is 0 Å². The Labute approximate surface area is 158 Å². The molecule has 1 rings (SSSR count). The summed E-state index contributed by atoms with van der Waals surface area (Å²) in [4.78, 5) is 29.0. The number of hydrogen-bond acceptors (Lipinski definition) is 4. The first kappa shape index (κ1) is 22.3. The molecular weight excluding hydrogens is 326 g/mol. The van der Waals surface area contributed by atoms with Gasteiger partial charge in [0.05, 0.1) is 18.3 Å². The summed E-state index contributed by atoms with van der Waals surface area (Å²) in [6.07, 6.45) is 7.35. The first-order chi connectivity index (χ1) is 12.4. The van der Waals surface area contributed by atoms with Crippen LogP contribution in [0.25, 0.3) is 0 Å². The Kier molecular flexibility index (Phi) is 10.1. The van der Waals surface area contributed by atoms with Crippen LogP contribution >= 0.6 is 0 Å². The number of hydrogen-bond donors (Lipinski definition) is 2. The van der Waals surface area contributed by atoms with Crippen molar-refractivity contribution in [1.29, 1.82) is 0 Å². The molecule has 0 aromatic carbocycles. The molecule has 1 aromatic heterocycles. The molecule has 0 fully saturated rings. The first-order valence-electron chi connectivity index (χ1n) is 9.87. The predicted molar refractivity (Wildman–Crippen MR) is 106 cm³/mol. The highest BCUT2D eigenvalue weighted by Gasteiger charge is 2.20. The zero-order valence-corrected chi connectivity index (χ0v) is 16.8. The third-order valence-corrected chi connectivity index (χ3v) is 4.87. The van der Waals surface area contributed by atoms with Crippen LogP contribution < -0.4 is 11.1 Å². The van der Waals surface area contributed by atoms with E-state index < -0.39 is 6.04 Å².